The maximum Gasteiger partial charge on any atom is 0.275 e. The van der Waals surface area contributed by atoms with Crippen LogP contribution in [0.1, 0.15) is 26.7 Å². The lowest BCUT2D eigenvalue weighted by Gasteiger charge is -2.39. The molecule has 116 valence electrons. The van der Waals surface area contributed by atoms with E-state index in [0.717, 1.165) is 38.2 Å². The van der Waals surface area contributed by atoms with Crippen LogP contribution in [0.5, 0.6) is 5.75 Å². The zero-order chi connectivity index (χ0) is 15.2. The Balaban J connectivity index is 2.29. The molecular weight excluding hydrogens is 270 g/mol. The fourth-order valence-corrected chi connectivity index (χ4v) is 2.40. The highest BCUT2D eigenvalue weighted by molar-refractivity contribution is 5.59. The third-order valence-corrected chi connectivity index (χ3v) is 3.56. The predicted octanol–water partition coefficient (Wildman–Crippen LogP) is 2.57. The lowest BCUT2D eigenvalue weighted by molar-refractivity contribution is -0.384. The number of nitrogens with zero attached hydrogens (tertiary/aromatic N) is 2. The first-order valence-corrected chi connectivity index (χ1v) is 7.55. The molecule has 1 aliphatic heterocycles. The van der Waals surface area contributed by atoms with E-state index in [1.807, 2.05) is 13.0 Å². The number of nitrogens with one attached hydrogen (secondary N) is 1. The Labute approximate surface area is 125 Å². The van der Waals surface area contributed by atoms with E-state index in [1.54, 1.807) is 6.07 Å². The van der Waals surface area contributed by atoms with Crippen molar-refractivity contribution in [1.82, 2.24) is 5.32 Å². The third-order valence-electron chi connectivity index (χ3n) is 3.56. The van der Waals surface area contributed by atoms with Gasteiger partial charge in [-0.05, 0) is 12.8 Å². The molecular formula is C15H23N3O3. The second-order valence-corrected chi connectivity index (χ2v) is 5.30. The van der Waals surface area contributed by atoms with Gasteiger partial charge >= 0.3 is 0 Å². The molecule has 1 fully saturated rings. The van der Waals surface area contributed by atoms with Crippen molar-refractivity contribution < 1.29 is 9.66 Å². The smallest absolute Gasteiger partial charge is 0.275 e. The number of hydrogen-bond donors (Lipinski definition) is 1. The molecule has 0 aromatic heterocycles. The average molecular weight is 293 g/mol. The average Bonchev–Trinajstić information content (AvgIpc) is 2.42. The Bertz CT molecular complexity index is 489. The van der Waals surface area contributed by atoms with Gasteiger partial charge in [-0.3, -0.25) is 10.1 Å². The van der Waals surface area contributed by atoms with Crippen LogP contribution in [0, 0.1) is 10.1 Å². The molecule has 2 rings (SSSR count). The van der Waals surface area contributed by atoms with E-state index in [4.69, 9.17) is 4.74 Å². The van der Waals surface area contributed by atoms with Gasteiger partial charge in [0.05, 0.1) is 23.6 Å². The summed E-state index contributed by atoms with van der Waals surface area (Å²) >= 11 is 0. The zero-order valence-corrected chi connectivity index (χ0v) is 12.7. The number of anilines is 1. The van der Waals surface area contributed by atoms with Crippen LogP contribution in [-0.4, -0.2) is 37.2 Å². The summed E-state index contributed by atoms with van der Waals surface area (Å²) in [6.07, 6.45) is 1.88. The number of hydrogen-bond acceptors (Lipinski definition) is 5. The van der Waals surface area contributed by atoms with Crippen molar-refractivity contribution in [2.75, 3.05) is 31.1 Å². The molecule has 0 aliphatic carbocycles. The number of nitro benzene ring substituents is 1. The topological polar surface area (TPSA) is 67.6 Å². The van der Waals surface area contributed by atoms with Crippen LogP contribution in [0.2, 0.25) is 0 Å². The largest absolute Gasteiger partial charge is 0.493 e. The summed E-state index contributed by atoms with van der Waals surface area (Å²) in [6.45, 7) is 7.44. The quantitative estimate of drug-likeness (QED) is 0.589. The Morgan fingerprint density at radius 3 is 2.62 bits per heavy atom. The second kappa shape index (κ2) is 7.26. The van der Waals surface area contributed by atoms with Crippen LogP contribution in [-0.2, 0) is 0 Å². The molecule has 1 aliphatic rings. The molecule has 1 N–H and O–H groups in total. The standard InChI is InChI=1S/C15H23N3O3/c1-3-5-17(14-10-16-11-14)12-7-13(18(19)20)9-15(8-12)21-6-4-2/h7-9,14,16H,3-6,10-11H2,1-2H3. The lowest BCUT2D eigenvalue weighted by atomic mass is 10.1. The van der Waals surface area contributed by atoms with Gasteiger partial charge in [-0.2, -0.15) is 0 Å². The molecule has 0 saturated carbocycles. The van der Waals surface area contributed by atoms with Crippen LogP contribution in [0.25, 0.3) is 0 Å². The lowest BCUT2D eigenvalue weighted by Crippen LogP contribution is -2.57. The molecule has 21 heavy (non-hydrogen) atoms. The van der Waals surface area contributed by atoms with E-state index in [-0.39, 0.29) is 10.6 Å². The van der Waals surface area contributed by atoms with Crippen LogP contribution in [0.15, 0.2) is 18.2 Å². The summed E-state index contributed by atoms with van der Waals surface area (Å²) in [5.41, 5.74) is 0.968. The summed E-state index contributed by atoms with van der Waals surface area (Å²) in [6, 6.07) is 5.47. The highest BCUT2D eigenvalue weighted by Crippen LogP contribution is 2.30. The third kappa shape index (κ3) is 3.85. The van der Waals surface area contributed by atoms with Crippen LogP contribution >= 0.6 is 0 Å². The second-order valence-electron chi connectivity index (χ2n) is 5.30. The van der Waals surface area contributed by atoms with Gasteiger partial charge in [0.15, 0.2) is 0 Å². The van der Waals surface area contributed by atoms with E-state index in [0.29, 0.717) is 18.4 Å². The fourth-order valence-electron chi connectivity index (χ4n) is 2.40. The highest BCUT2D eigenvalue weighted by atomic mass is 16.6. The number of non-ortho nitro benzene ring substituents is 1. The van der Waals surface area contributed by atoms with Crippen molar-refractivity contribution in [3.63, 3.8) is 0 Å². The first-order valence-electron chi connectivity index (χ1n) is 7.55. The first-order chi connectivity index (χ1) is 10.2. The van der Waals surface area contributed by atoms with Gasteiger partial charge in [-0.15, -0.1) is 0 Å². The molecule has 0 spiro atoms. The summed E-state index contributed by atoms with van der Waals surface area (Å²) in [5.74, 6) is 0.578. The van der Waals surface area contributed by atoms with E-state index in [2.05, 4.69) is 17.1 Å². The van der Waals surface area contributed by atoms with Gasteiger partial charge in [0.2, 0.25) is 0 Å². The molecule has 6 heteroatoms. The molecule has 0 amide bonds. The number of nitro groups is 1. The normalized spacial score (nSPS) is 14.6. The minimum Gasteiger partial charge on any atom is -0.493 e. The number of ether oxygens (including phenoxy) is 1. The maximum atomic E-state index is 11.1. The molecule has 0 bridgehead atoms. The van der Waals surface area contributed by atoms with E-state index >= 15 is 0 Å². The maximum absolute atomic E-state index is 11.1. The van der Waals surface area contributed by atoms with Crippen molar-refractivity contribution in [3.8, 4) is 5.75 Å². The van der Waals surface area contributed by atoms with Crippen molar-refractivity contribution in [2.24, 2.45) is 0 Å². The molecule has 0 atom stereocenters. The number of rotatable bonds is 8. The van der Waals surface area contributed by atoms with E-state index < -0.39 is 0 Å². The molecule has 1 heterocycles. The Kier molecular flexibility index (Phi) is 5.38. The van der Waals surface area contributed by atoms with E-state index in [1.165, 1.54) is 6.07 Å². The highest BCUT2D eigenvalue weighted by Gasteiger charge is 2.26. The van der Waals surface area contributed by atoms with Crippen LogP contribution < -0.4 is 15.0 Å². The zero-order valence-electron chi connectivity index (χ0n) is 12.7. The van der Waals surface area contributed by atoms with Gasteiger partial charge in [-0.25, -0.2) is 0 Å². The predicted molar refractivity (Wildman–Crippen MR) is 83.2 cm³/mol. The minimum absolute atomic E-state index is 0.0898. The van der Waals surface area contributed by atoms with Gasteiger partial charge in [0.25, 0.3) is 5.69 Å². The van der Waals surface area contributed by atoms with Crippen molar-refractivity contribution in [3.05, 3.63) is 28.3 Å². The van der Waals surface area contributed by atoms with Crippen LogP contribution in [0.3, 0.4) is 0 Å². The Morgan fingerprint density at radius 2 is 2.10 bits per heavy atom. The van der Waals surface area contributed by atoms with Crippen molar-refractivity contribution >= 4 is 11.4 Å². The summed E-state index contributed by atoms with van der Waals surface area (Å²) in [4.78, 5) is 13.0. The SMILES string of the molecule is CCCOc1cc(N(CCC)C2CNC2)cc([N+](=O)[O-])c1. The first kappa shape index (κ1) is 15.6. The molecule has 1 saturated heterocycles. The van der Waals surface area contributed by atoms with Gasteiger partial charge in [0.1, 0.15) is 5.75 Å². The Hall–Kier alpha value is -1.82. The fraction of sp³-hybridized carbons (Fsp3) is 0.600. The molecule has 1 aromatic carbocycles. The summed E-state index contributed by atoms with van der Waals surface area (Å²) < 4.78 is 5.60. The van der Waals surface area contributed by atoms with Crippen molar-refractivity contribution in [2.45, 2.75) is 32.7 Å². The van der Waals surface area contributed by atoms with Gasteiger partial charge < -0.3 is 15.0 Å². The monoisotopic (exact) mass is 293 g/mol. The molecule has 6 nitrogen and oxygen atoms in total. The minimum atomic E-state index is -0.356. The van der Waals surface area contributed by atoms with Crippen LogP contribution in [0.4, 0.5) is 11.4 Å². The van der Waals surface area contributed by atoms with E-state index in [9.17, 15) is 10.1 Å². The Morgan fingerprint density at radius 1 is 1.33 bits per heavy atom. The summed E-state index contributed by atoms with van der Waals surface area (Å²) in [7, 11) is 0. The number of benzene rings is 1. The summed E-state index contributed by atoms with van der Waals surface area (Å²) in [5, 5.41) is 14.4. The molecule has 0 radical (unpaired) electrons. The van der Waals surface area contributed by atoms with Gasteiger partial charge in [0, 0.05) is 37.5 Å². The van der Waals surface area contributed by atoms with Gasteiger partial charge in [-0.1, -0.05) is 13.8 Å². The molecule has 0 unspecified atom stereocenters. The molecule has 1 aromatic rings. The van der Waals surface area contributed by atoms with Crippen molar-refractivity contribution in [1.29, 1.82) is 0 Å².